The summed E-state index contributed by atoms with van der Waals surface area (Å²) >= 11 is 1.37. The summed E-state index contributed by atoms with van der Waals surface area (Å²) in [6, 6.07) is -4.02. The summed E-state index contributed by atoms with van der Waals surface area (Å²) in [6.45, 7) is -0.764. The van der Waals surface area contributed by atoms with Gasteiger partial charge < -0.3 is 37.6 Å². The van der Waals surface area contributed by atoms with Crippen LogP contribution in [0.25, 0.3) is 0 Å². The van der Waals surface area contributed by atoms with E-state index in [1.807, 2.05) is 5.32 Å². The Bertz CT molecular complexity index is 644. The number of thioether (sulfide) groups is 1. The van der Waals surface area contributed by atoms with Crippen molar-refractivity contribution in [1.82, 2.24) is 16.0 Å². The molecule has 0 aliphatic carbocycles. The number of rotatable bonds is 14. The first kappa shape index (κ1) is 26.1. The van der Waals surface area contributed by atoms with Gasteiger partial charge in [-0.25, -0.2) is 0 Å². The van der Waals surface area contributed by atoms with Crippen LogP contribution in [0.3, 0.4) is 0 Å². The molecule has 0 fully saturated rings. The molecule has 29 heavy (non-hydrogen) atoms. The molecule has 14 heteroatoms. The maximum absolute atomic E-state index is 12.5. The van der Waals surface area contributed by atoms with Gasteiger partial charge in [0.1, 0.15) is 18.6 Å². The average Bonchev–Trinajstić information content (AvgIpc) is 2.61. The first-order valence-electron chi connectivity index (χ1n) is 8.32. The molecule has 0 spiro atoms. The van der Waals surface area contributed by atoms with Gasteiger partial charge in [-0.15, -0.1) is 0 Å². The van der Waals surface area contributed by atoms with Gasteiger partial charge in [0.2, 0.25) is 23.6 Å². The van der Waals surface area contributed by atoms with Crippen molar-refractivity contribution in [2.45, 2.75) is 37.4 Å². The van der Waals surface area contributed by atoms with E-state index in [2.05, 4.69) is 10.6 Å². The molecular formula is C15H25N5O8S. The minimum atomic E-state index is -1.56. The molecule has 4 amide bonds. The standard InChI is InChI=1S/C15H25N5O8S/c1-29-3-2-8(19-13(26)7(16)4-10(17)21)15(28)20-9(5-11(22)23)14(27)18-6-12(24)25/h7-9H,2-6,16H2,1H3,(H2,17,21)(H,18,27)(H,19,26)(H,20,28)(H,22,23)(H,24,25). The van der Waals surface area contributed by atoms with Crippen molar-refractivity contribution in [1.29, 1.82) is 0 Å². The molecule has 0 aromatic heterocycles. The van der Waals surface area contributed by atoms with Crippen LogP contribution in [0.15, 0.2) is 0 Å². The van der Waals surface area contributed by atoms with Gasteiger partial charge in [-0.2, -0.15) is 11.8 Å². The summed E-state index contributed by atoms with van der Waals surface area (Å²) in [7, 11) is 0. The van der Waals surface area contributed by atoms with Crippen LogP contribution >= 0.6 is 11.8 Å². The zero-order valence-electron chi connectivity index (χ0n) is 15.7. The molecule has 0 rings (SSSR count). The topological polar surface area (TPSA) is 231 Å². The highest BCUT2D eigenvalue weighted by molar-refractivity contribution is 7.98. The van der Waals surface area contributed by atoms with E-state index in [0.717, 1.165) is 0 Å². The normalized spacial score (nSPS) is 13.4. The lowest BCUT2D eigenvalue weighted by molar-refractivity contribution is -0.141. The fourth-order valence-corrected chi connectivity index (χ4v) is 2.51. The number of nitrogens with one attached hydrogen (secondary N) is 3. The number of hydrogen-bond donors (Lipinski definition) is 7. The lowest BCUT2D eigenvalue weighted by Crippen LogP contribution is -2.56. The Hall–Kier alpha value is -2.87. The summed E-state index contributed by atoms with van der Waals surface area (Å²) in [5, 5.41) is 24.0. The molecule has 0 aliphatic heterocycles. The summed E-state index contributed by atoms with van der Waals surface area (Å²) in [5.74, 6) is -5.84. The second-order valence-electron chi connectivity index (χ2n) is 5.89. The van der Waals surface area contributed by atoms with Crippen molar-refractivity contribution < 1.29 is 39.0 Å². The van der Waals surface area contributed by atoms with Gasteiger partial charge in [0.05, 0.1) is 18.9 Å². The van der Waals surface area contributed by atoms with Crippen LogP contribution in [0.2, 0.25) is 0 Å². The number of aliphatic carboxylic acids is 2. The number of carbonyl (C=O) groups is 6. The predicted molar refractivity (Wildman–Crippen MR) is 102 cm³/mol. The summed E-state index contributed by atoms with van der Waals surface area (Å²) in [4.78, 5) is 68.9. The lowest BCUT2D eigenvalue weighted by Gasteiger charge is -2.23. The Balaban J connectivity index is 5.22. The average molecular weight is 435 g/mol. The predicted octanol–water partition coefficient (Wildman–Crippen LogP) is -3.41. The SMILES string of the molecule is CSCCC(NC(=O)C(N)CC(N)=O)C(=O)NC(CC(=O)O)C(=O)NCC(=O)O. The number of carboxylic acid groups (broad SMARTS) is 2. The van der Waals surface area contributed by atoms with Crippen LogP contribution < -0.4 is 27.4 Å². The highest BCUT2D eigenvalue weighted by Crippen LogP contribution is 2.04. The maximum Gasteiger partial charge on any atom is 0.322 e. The van der Waals surface area contributed by atoms with Crippen molar-refractivity contribution in [3.05, 3.63) is 0 Å². The fraction of sp³-hybridized carbons (Fsp3) is 0.600. The highest BCUT2D eigenvalue weighted by atomic mass is 32.2. The molecular weight excluding hydrogens is 410 g/mol. The molecule has 0 radical (unpaired) electrons. The van der Waals surface area contributed by atoms with Crippen LogP contribution in [-0.4, -0.2) is 82.5 Å². The van der Waals surface area contributed by atoms with Gasteiger partial charge in [-0.1, -0.05) is 0 Å². The molecule has 0 bridgehead atoms. The Morgan fingerprint density at radius 2 is 1.48 bits per heavy atom. The zero-order chi connectivity index (χ0) is 22.6. The van der Waals surface area contributed by atoms with Crippen molar-refractivity contribution in [3.8, 4) is 0 Å². The van der Waals surface area contributed by atoms with Gasteiger partial charge in [0, 0.05) is 0 Å². The molecule has 0 aromatic carbocycles. The first-order chi connectivity index (χ1) is 13.5. The van der Waals surface area contributed by atoms with Crippen LogP contribution in [0.4, 0.5) is 0 Å². The first-order valence-corrected chi connectivity index (χ1v) is 9.72. The van der Waals surface area contributed by atoms with Crippen LogP contribution in [0, 0.1) is 0 Å². The molecule has 0 saturated carbocycles. The molecule has 9 N–H and O–H groups in total. The molecule has 0 aromatic rings. The number of hydrogen-bond acceptors (Lipinski definition) is 8. The lowest BCUT2D eigenvalue weighted by atomic mass is 10.1. The fourth-order valence-electron chi connectivity index (χ4n) is 2.03. The minimum Gasteiger partial charge on any atom is -0.481 e. The molecule has 164 valence electrons. The van der Waals surface area contributed by atoms with E-state index in [4.69, 9.17) is 21.7 Å². The summed E-state index contributed by atoms with van der Waals surface area (Å²) in [6.07, 6.45) is 0.629. The van der Waals surface area contributed by atoms with E-state index in [9.17, 15) is 28.8 Å². The third-order valence-electron chi connectivity index (χ3n) is 3.43. The number of nitrogens with two attached hydrogens (primary N) is 2. The quantitative estimate of drug-likeness (QED) is 0.143. The summed E-state index contributed by atoms with van der Waals surface area (Å²) < 4.78 is 0. The van der Waals surface area contributed by atoms with Crippen molar-refractivity contribution in [2.24, 2.45) is 11.5 Å². The smallest absolute Gasteiger partial charge is 0.322 e. The number of primary amides is 1. The van der Waals surface area contributed by atoms with E-state index < -0.39 is 73.1 Å². The Morgan fingerprint density at radius 1 is 0.897 bits per heavy atom. The van der Waals surface area contributed by atoms with Crippen molar-refractivity contribution in [2.75, 3.05) is 18.6 Å². The Labute approximate surface area is 170 Å². The van der Waals surface area contributed by atoms with Crippen LogP contribution in [-0.2, 0) is 28.8 Å². The second-order valence-corrected chi connectivity index (χ2v) is 6.88. The van der Waals surface area contributed by atoms with E-state index in [1.165, 1.54) is 11.8 Å². The monoisotopic (exact) mass is 435 g/mol. The van der Waals surface area contributed by atoms with E-state index in [0.29, 0.717) is 5.75 Å². The van der Waals surface area contributed by atoms with Crippen LogP contribution in [0.1, 0.15) is 19.3 Å². The van der Waals surface area contributed by atoms with Crippen molar-refractivity contribution >= 4 is 47.3 Å². The van der Waals surface area contributed by atoms with E-state index in [1.54, 1.807) is 6.26 Å². The molecule has 0 saturated heterocycles. The number of carboxylic acids is 2. The van der Waals surface area contributed by atoms with Gasteiger partial charge in [0.15, 0.2) is 0 Å². The molecule has 0 heterocycles. The van der Waals surface area contributed by atoms with E-state index >= 15 is 0 Å². The number of carbonyl (C=O) groups excluding carboxylic acids is 4. The Kier molecular flexibility index (Phi) is 12.0. The molecule has 13 nitrogen and oxygen atoms in total. The van der Waals surface area contributed by atoms with Crippen LogP contribution in [0.5, 0.6) is 0 Å². The highest BCUT2D eigenvalue weighted by Gasteiger charge is 2.29. The minimum absolute atomic E-state index is 0.124. The summed E-state index contributed by atoms with van der Waals surface area (Å²) in [5.41, 5.74) is 10.5. The maximum atomic E-state index is 12.5. The second kappa shape index (κ2) is 13.3. The third-order valence-corrected chi connectivity index (χ3v) is 4.07. The van der Waals surface area contributed by atoms with Crippen molar-refractivity contribution in [3.63, 3.8) is 0 Å². The Morgan fingerprint density at radius 3 is 1.97 bits per heavy atom. The largest absolute Gasteiger partial charge is 0.481 e. The van der Waals surface area contributed by atoms with Gasteiger partial charge in [-0.3, -0.25) is 28.8 Å². The van der Waals surface area contributed by atoms with E-state index in [-0.39, 0.29) is 6.42 Å². The molecule has 3 unspecified atom stereocenters. The third kappa shape index (κ3) is 11.5. The molecule has 0 aliphatic rings. The zero-order valence-corrected chi connectivity index (χ0v) is 16.5. The van der Waals surface area contributed by atoms with Gasteiger partial charge in [-0.05, 0) is 18.4 Å². The van der Waals surface area contributed by atoms with Gasteiger partial charge >= 0.3 is 11.9 Å². The molecule has 3 atom stereocenters. The van der Waals surface area contributed by atoms with Gasteiger partial charge in [0.25, 0.3) is 0 Å². The number of amides is 4.